The Morgan fingerprint density at radius 3 is 2.59 bits per heavy atom. The third kappa shape index (κ3) is 3.73. The SMILES string of the molecule is Cn1cccc1C(=O)NC(=O)COC(=O)C1(O)CCCCC1. The van der Waals surface area contributed by atoms with Crippen molar-refractivity contribution < 1.29 is 24.2 Å². The van der Waals surface area contributed by atoms with Crippen LogP contribution < -0.4 is 5.32 Å². The average molecular weight is 308 g/mol. The summed E-state index contributed by atoms with van der Waals surface area (Å²) in [6, 6.07) is 3.25. The van der Waals surface area contributed by atoms with E-state index in [0.717, 1.165) is 19.3 Å². The molecular weight excluding hydrogens is 288 g/mol. The topological polar surface area (TPSA) is 97.6 Å². The molecule has 0 unspecified atom stereocenters. The lowest BCUT2D eigenvalue weighted by Crippen LogP contribution is -2.43. The number of aliphatic hydroxyl groups is 1. The van der Waals surface area contributed by atoms with Gasteiger partial charge in [-0.25, -0.2) is 4.79 Å². The Morgan fingerprint density at radius 1 is 1.32 bits per heavy atom. The van der Waals surface area contributed by atoms with E-state index in [1.54, 1.807) is 29.9 Å². The molecule has 1 aromatic rings. The molecule has 2 amide bonds. The fraction of sp³-hybridized carbons (Fsp3) is 0.533. The summed E-state index contributed by atoms with van der Waals surface area (Å²) in [5.74, 6) is -2.09. The molecule has 0 aromatic carbocycles. The first-order chi connectivity index (χ1) is 10.4. The summed E-state index contributed by atoms with van der Waals surface area (Å²) in [5.41, 5.74) is -1.17. The Balaban J connectivity index is 1.81. The van der Waals surface area contributed by atoms with Crippen molar-refractivity contribution in [3.63, 3.8) is 0 Å². The molecule has 0 atom stereocenters. The third-order valence-electron chi connectivity index (χ3n) is 3.82. The van der Waals surface area contributed by atoms with Crippen LogP contribution in [0.3, 0.4) is 0 Å². The van der Waals surface area contributed by atoms with Crippen LogP contribution in [0.1, 0.15) is 42.6 Å². The van der Waals surface area contributed by atoms with Gasteiger partial charge in [-0.1, -0.05) is 6.42 Å². The summed E-state index contributed by atoms with van der Waals surface area (Å²) in [7, 11) is 1.68. The number of carbonyl (C=O) groups excluding carboxylic acids is 3. The number of ether oxygens (including phenoxy) is 1. The normalized spacial score (nSPS) is 16.8. The van der Waals surface area contributed by atoms with Gasteiger partial charge in [-0.2, -0.15) is 0 Å². The second-order valence-electron chi connectivity index (χ2n) is 5.55. The number of esters is 1. The Hall–Kier alpha value is -2.15. The van der Waals surface area contributed by atoms with Crippen LogP contribution in [0.15, 0.2) is 18.3 Å². The number of aryl methyl sites for hydroxylation is 1. The molecule has 1 aliphatic carbocycles. The standard InChI is InChI=1S/C15H20N2O5/c1-17-9-5-6-11(17)13(19)16-12(18)10-22-14(20)15(21)7-3-2-4-8-15/h5-6,9,21H,2-4,7-8,10H2,1H3,(H,16,18,19). The van der Waals surface area contributed by atoms with Crippen molar-refractivity contribution >= 4 is 17.8 Å². The molecule has 2 N–H and O–H groups in total. The first-order valence-electron chi connectivity index (χ1n) is 7.27. The molecule has 2 rings (SSSR count). The van der Waals surface area contributed by atoms with Crippen LogP contribution in [0.2, 0.25) is 0 Å². The monoisotopic (exact) mass is 308 g/mol. The zero-order valence-corrected chi connectivity index (χ0v) is 12.5. The summed E-state index contributed by atoms with van der Waals surface area (Å²) in [6.45, 7) is -0.586. The fourth-order valence-corrected chi connectivity index (χ4v) is 2.53. The second-order valence-corrected chi connectivity index (χ2v) is 5.55. The highest BCUT2D eigenvalue weighted by atomic mass is 16.6. The first-order valence-corrected chi connectivity index (χ1v) is 7.27. The van der Waals surface area contributed by atoms with Crippen molar-refractivity contribution in [3.05, 3.63) is 24.0 Å². The van der Waals surface area contributed by atoms with Gasteiger partial charge >= 0.3 is 5.97 Å². The van der Waals surface area contributed by atoms with Crippen LogP contribution in [0.4, 0.5) is 0 Å². The van der Waals surface area contributed by atoms with E-state index >= 15 is 0 Å². The molecule has 0 saturated heterocycles. The van der Waals surface area contributed by atoms with Gasteiger partial charge in [0, 0.05) is 13.2 Å². The molecule has 0 aliphatic heterocycles. The Labute approximate surface area is 128 Å². The van der Waals surface area contributed by atoms with Crippen molar-refractivity contribution in [3.8, 4) is 0 Å². The molecule has 1 fully saturated rings. The van der Waals surface area contributed by atoms with Gasteiger partial charge in [-0.05, 0) is 37.8 Å². The van der Waals surface area contributed by atoms with Gasteiger partial charge in [0.25, 0.3) is 11.8 Å². The number of aromatic nitrogens is 1. The number of hydrogen-bond acceptors (Lipinski definition) is 5. The summed E-state index contributed by atoms with van der Waals surface area (Å²) < 4.78 is 6.40. The number of nitrogens with one attached hydrogen (secondary N) is 1. The summed E-state index contributed by atoms with van der Waals surface area (Å²) in [4.78, 5) is 35.3. The molecule has 7 nitrogen and oxygen atoms in total. The fourth-order valence-electron chi connectivity index (χ4n) is 2.53. The van der Waals surface area contributed by atoms with Gasteiger partial charge in [0.05, 0.1) is 0 Å². The van der Waals surface area contributed by atoms with Gasteiger partial charge < -0.3 is 14.4 Å². The van der Waals surface area contributed by atoms with Gasteiger partial charge in [0.1, 0.15) is 5.69 Å². The van der Waals surface area contributed by atoms with Gasteiger partial charge in [0.2, 0.25) is 0 Å². The lowest BCUT2D eigenvalue weighted by molar-refractivity contribution is -0.170. The third-order valence-corrected chi connectivity index (χ3v) is 3.82. The van der Waals surface area contributed by atoms with Gasteiger partial charge in [-0.15, -0.1) is 0 Å². The van der Waals surface area contributed by atoms with Crippen molar-refractivity contribution in [2.75, 3.05) is 6.61 Å². The predicted octanol–water partition coefficient (Wildman–Crippen LogP) is 0.520. The molecule has 7 heteroatoms. The predicted molar refractivity (Wildman–Crippen MR) is 76.9 cm³/mol. The molecule has 120 valence electrons. The lowest BCUT2D eigenvalue weighted by Gasteiger charge is -2.29. The van der Waals surface area contributed by atoms with E-state index in [1.165, 1.54) is 0 Å². The summed E-state index contributed by atoms with van der Waals surface area (Å²) >= 11 is 0. The highest BCUT2D eigenvalue weighted by molar-refractivity contribution is 6.04. The van der Waals surface area contributed by atoms with E-state index < -0.39 is 30.0 Å². The minimum atomic E-state index is -1.50. The Morgan fingerprint density at radius 2 is 2.00 bits per heavy atom. The number of rotatable bonds is 4. The van der Waals surface area contributed by atoms with E-state index in [9.17, 15) is 19.5 Å². The van der Waals surface area contributed by atoms with Crippen molar-refractivity contribution in [1.82, 2.24) is 9.88 Å². The van der Waals surface area contributed by atoms with E-state index in [4.69, 9.17) is 4.74 Å². The van der Waals surface area contributed by atoms with E-state index in [1.807, 2.05) is 0 Å². The molecule has 1 saturated carbocycles. The Bertz CT molecular complexity index is 572. The maximum Gasteiger partial charge on any atom is 0.338 e. The first kappa shape index (κ1) is 16.2. The van der Waals surface area contributed by atoms with Gasteiger partial charge in [0.15, 0.2) is 12.2 Å². The largest absolute Gasteiger partial charge is 0.453 e. The van der Waals surface area contributed by atoms with Crippen LogP contribution in [-0.2, 0) is 21.4 Å². The molecule has 1 heterocycles. The van der Waals surface area contributed by atoms with Crippen LogP contribution >= 0.6 is 0 Å². The lowest BCUT2D eigenvalue weighted by atomic mass is 9.85. The molecule has 1 aromatic heterocycles. The number of carbonyl (C=O) groups is 3. The maximum atomic E-state index is 11.9. The highest BCUT2D eigenvalue weighted by Gasteiger charge is 2.38. The number of hydrogen-bond donors (Lipinski definition) is 2. The molecular formula is C15H20N2O5. The van der Waals surface area contributed by atoms with Crippen molar-refractivity contribution in [2.24, 2.45) is 7.05 Å². The van der Waals surface area contributed by atoms with Crippen molar-refractivity contribution in [1.29, 1.82) is 0 Å². The molecule has 1 aliphatic rings. The van der Waals surface area contributed by atoms with Crippen molar-refractivity contribution in [2.45, 2.75) is 37.7 Å². The smallest absolute Gasteiger partial charge is 0.338 e. The van der Waals surface area contributed by atoms with Crippen LogP contribution in [0, 0.1) is 0 Å². The van der Waals surface area contributed by atoms with Crippen LogP contribution in [0.25, 0.3) is 0 Å². The Kier molecular flexibility index (Phi) is 4.97. The number of imide groups is 1. The molecule has 0 radical (unpaired) electrons. The van der Waals surface area contributed by atoms with Crippen LogP contribution in [0.5, 0.6) is 0 Å². The van der Waals surface area contributed by atoms with E-state index in [-0.39, 0.29) is 0 Å². The zero-order valence-electron chi connectivity index (χ0n) is 12.5. The second kappa shape index (κ2) is 6.74. The minimum absolute atomic E-state index is 0.325. The van der Waals surface area contributed by atoms with E-state index in [0.29, 0.717) is 18.5 Å². The molecule has 0 spiro atoms. The van der Waals surface area contributed by atoms with Crippen LogP contribution in [-0.4, -0.2) is 39.7 Å². The van der Waals surface area contributed by atoms with E-state index in [2.05, 4.69) is 5.32 Å². The quantitative estimate of drug-likeness (QED) is 0.790. The summed E-state index contributed by atoms with van der Waals surface area (Å²) in [6.07, 6.45) is 4.85. The molecule has 22 heavy (non-hydrogen) atoms. The minimum Gasteiger partial charge on any atom is -0.453 e. The average Bonchev–Trinajstić information content (AvgIpc) is 2.91. The zero-order chi connectivity index (χ0) is 16.2. The van der Waals surface area contributed by atoms with Gasteiger partial charge in [-0.3, -0.25) is 14.9 Å². The highest BCUT2D eigenvalue weighted by Crippen LogP contribution is 2.28. The number of amides is 2. The number of nitrogens with zero attached hydrogens (tertiary/aromatic N) is 1. The molecule has 0 bridgehead atoms. The maximum absolute atomic E-state index is 11.9. The summed E-state index contributed by atoms with van der Waals surface area (Å²) in [5, 5.41) is 12.3.